The van der Waals surface area contributed by atoms with Crippen molar-refractivity contribution in [3.63, 3.8) is 0 Å². The molecule has 2 heterocycles. The maximum absolute atomic E-state index is 15.0. The Labute approximate surface area is 253 Å². The molecular weight excluding hydrogens is 593 g/mol. The number of hydrogen-bond acceptors (Lipinski definition) is 5. The smallest absolute Gasteiger partial charge is 0.365 e. The number of hydrogen-bond donors (Lipinski definition) is 2. The second kappa shape index (κ2) is 14.7. The molecule has 236 valence electrons. The van der Waals surface area contributed by atoms with Gasteiger partial charge in [0.15, 0.2) is 11.6 Å². The van der Waals surface area contributed by atoms with Crippen LogP contribution in [0.15, 0.2) is 30.3 Å². The van der Waals surface area contributed by atoms with E-state index in [4.69, 9.17) is 11.6 Å². The highest BCUT2D eigenvalue weighted by atomic mass is 35.5. The molecule has 2 aromatic rings. The van der Waals surface area contributed by atoms with Crippen LogP contribution >= 0.6 is 11.6 Å². The molecule has 2 saturated heterocycles. The molecule has 13 heteroatoms. The summed E-state index contributed by atoms with van der Waals surface area (Å²) in [5.41, 5.74) is 0.233. The number of nitrogens with one attached hydrogen (secondary N) is 2. The van der Waals surface area contributed by atoms with Gasteiger partial charge in [0, 0.05) is 62.3 Å². The number of piperazine rings is 1. The monoisotopic (exact) mass is 629 g/mol. The molecule has 1 atom stereocenters. The molecule has 0 spiro atoms. The van der Waals surface area contributed by atoms with Crippen molar-refractivity contribution < 1.29 is 31.5 Å². The van der Waals surface area contributed by atoms with Gasteiger partial charge in [-0.25, -0.2) is 8.78 Å². The number of likely N-dealkylation sites (tertiary alicyclic amines) is 1. The SMILES string of the molecule is C[C@@H]1CN(CCC(F)(F)F)CCN1c1cc(Cl)ccc1NC(=O)c1ccc(CNC(=O)CCN2CCCCC2)c(F)c1F. The Balaban J connectivity index is 1.38. The van der Waals surface area contributed by atoms with Crippen LogP contribution in [0.4, 0.5) is 33.3 Å². The first-order chi connectivity index (χ1) is 20.4. The van der Waals surface area contributed by atoms with E-state index in [1.807, 2.05) is 11.8 Å². The average Bonchev–Trinajstić information content (AvgIpc) is 2.97. The van der Waals surface area contributed by atoms with Gasteiger partial charge in [0.2, 0.25) is 5.91 Å². The van der Waals surface area contributed by atoms with Gasteiger partial charge in [-0.1, -0.05) is 24.1 Å². The molecule has 0 unspecified atom stereocenters. The Hall–Kier alpha value is -2.96. The van der Waals surface area contributed by atoms with Gasteiger partial charge in [0.05, 0.1) is 23.4 Å². The number of nitrogens with zero attached hydrogens (tertiary/aromatic N) is 3. The number of piperidine rings is 1. The molecule has 7 nitrogen and oxygen atoms in total. The molecule has 2 aromatic carbocycles. The lowest BCUT2D eigenvalue weighted by atomic mass is 10.1. The van der Waals surface area contributed by atoms with Crippen molar-refractivity contribution in [3.8, 4) is 0 Å². The number of carbonyl (C=O) groups excluding carboxylic acids is 2. The number of amides is 2. The molecule has 2 aliphatic heterocycles. The maximum atomic E-state index is 15.0. The fraction of sp³-hybridized carbons (Fsp3) is 0.533. The summed E-state index contributed by atoms with van der Waals surface area (Å²) in [6.45, 7) is 5.17. The molecule has 2 aliphatic rings. The average molecular weight is 630 g/mol. The summed E-state index contributed by atoms with van der Waals surface area (Å²) in [4.78, 5) is 31.2. The summed E-state index contributed by atoms with van der Waals surface area (Å²) >= 11 is 6.22. The van der Waals surface area contributed by atoms with Gasteiger partial charge in [-0.15, -0.1) is 0 Å². The fourth-order valence-electron chi connectivity index (χ4n) is 5.54. The zero-order chi connectivity index (χ0) is 31.1. The van der Waals surface area contributed by atoms with Crippen molar-refractivity contribution >= 4 is 34.8 Å². The predicted molar refractivity (Wildman–Crippen MR) is 156 cm³/mol. The van der Waals surface area contributed by atoms with Gasteiger partial charge in [0.1, 0.15) is 0 Å². The quantitative estimate of drug-likeness (QED) is 0.324. The minimum atomic E-state index is -4.24. The normalized spacial score (nSPS) is 18.5. The van der Waals surface area contributed by atoms with Crippen LogP contribution in [0.2, 0.25) is 5.02 Å². The van der Waals surface area contributed by atoms with Crippen molar-refractivity contribution in [2.45, 2.75) is 57.8 Å². The van der Waals surface area contributed by atoms with Crippen molar-refractivity contribution in [1.82, 2.24) is 15.1 Å². The molecule has 2 fully saturated rings. The largest absolute Gasteiger partial charge is 0.390 e. The van der Waals surface area contributed by atoms with Gasteiger partial charge >= 0.3 is 6.18 Å². The first-order valence-corrected chi connectivity index (χ1v) is 14.9. The third-order valence-electron chi connectivity index (χ3n) is 7.93. The highest BCUT2D eigenvalue weighted by molar-refractivity contribution is 6.31. The van der Waals surface area contributed by atoms with E-state index in [0.29, 0.717) is 42.6 Å². The number of halogens is 6. The predicted octanol–water partition coefficient (Wildman–Crippen LogP) is 5.83. The highest BCUT2D eigenvalue weighted by Crippen LogP contribution is 2.33. The Kier molecular flexibility index (Phi) is 11.2. The number of anilines is 2. The summed E-state index contributed by atoms with van der Waals surface area (Å²) in [6, 6.07) is 6.93. The van der Waals surface area contributed by atoms with E-state index in [0.717, 1.165) is 25.9 Å². The minimum absolute atomic E-state index is 0.0789. The summed E-state index contributed by atoms with van der Waals surface area (Å²) in [5, 5.41) is 5.62. The zero-order valence-electron chi connectivity index (χ0n) is 24.1. The summed E-state index contributed by atoms with van der Waals surface area (Å²) in [5.74, 6) is -3.70. The summed E-state index contributed by atoms with van der Waals surface area (Å²) < 4.78 is 68.0. The van der Waals surface area contributed by atoms with Crippen LogP contribution in [0.25, 0.3) is 0 Å². The lowest BCUT2D eigenvalue weighted by molar-refractivity contribution is -0.138. The summed E-state index contributed by atoms with van der Waals surface area (Å²) in [6.07, 6.45) is -1.47. The second-order valence-corrected chi connectivity index (χ2v) is 11.6. The molecule has 0 aliphatic carbocycles. The van der Waals surface area contributed by atoms with Gasteiger partial charge in [-0.2, -0.15) is 13.2 Å². The molecular formula is C30H37ClF5N5O2. The Morgan fingerprint density at radius 3 is 2.40 bits per heavy atom. The maximum Gasteiger partial charge on any atom is 0.390 e. The highest BCUT2D eigenvalue weighted by Gasteiger charge is 2.31. The zero-order valence-corrected chi connectivity index (χ0v) is 24.8. The molecule has 4 rings (SSSR count). The van der Waals surface area contributed by atoms with Gasteiger partial charge in [-0.3, -0.25) is 14.5 Å². The topological polar surface area (TPSA) is 67.9 Å². The van der Waals surface area contributed by atoms with Crippen molar-refractivity contribution in [2.75, 3.05) is 56.0 Å². The molecule has 0 saturated carbocycles. The minimum Gasteiger partial charge on any atom is -0.365 e. The van der Waals surface area contributed by atoms with Crippen LogP contribution in [0, 0.1) is 11.6 Å². The van der Waals surface area contributed by atoms with Crippen LogP contribution in [0.3, 0.4) is 0 Å². The van der Waals surface area contributed by atoms with E-state index < -0.39 is 35.7 Å². The first-order valence-electron chi connectivity index (χ1n) is 14.5. The van der Waals surface area contributed by atoms with Crippen LogP contribution < -0.4 is 15.5 Å². The third-order valence-corrected chi connectivity index (χ3v) is 8.16. The molecule has 43 heavy (non-hydrogen) atoms. The lowest BCUT2D eigenvalue weighted by Gasteiger charge is -2.42. The van der Waals surface area contributed by atoms with Crippen molar-refractivity contribution in [1.29, 1.82) is 0 Å². The van der Waals surface area contributed by atoms with E-state index >= 15 is 4.39 Å². The molecule has 2 amide bonds. The van der Waals surface area contributed by atoms with Gasteiger partial charge in [-0.05, 0) is 57.1 Å². The van der Waals surface area contributed by atoms with Crippen molar-refractivity contribution in [3.05, 3.63) is 58.1 Å². The van der Waals surface area contributed by atoms with E-state index in [1.165, 1.54) is 18.6 Å². The molecule has 0 aromatic heterocycles. The van der Waals surface area contributed by atoms with Gasteiger partial charge in [0.25, 0.3) is 5.91 Å². The molecule has 0 bridgehead atoms. The molecule has 0 radical (unpaired) electrons. The van der Waals surface area contributed by atoms with Crippen LogP contribution in [0.5, 0.6) is 0 Å². The van der Waals surface area contributed by atoms with Crippen LogP contribution in [0.1, 0.15) is 54.9 Å². The Morgan fingerprint density at radius 2 is 1.70 bits per heavy atom. The second-order valence-electron chi connectivity index (χ2n) is 11.2. The number of rotatable bonds is 10. The Morgan fingerprint density at radius 1 is 0.953 bits per heavy atom. The van der Waals surface area contributed by atoms with E-state index in [-0.39, 0.29) is 37.0 Å². The lowest BCUT2D eigenvalue weighted by Crippen LogP contribution is -2.52. The number of carbonyl (C=O) groups is 2. The number of alkyl halides is 3. The fourth-order valence-corrected chi connectivity index (χ4v) is 5.71. The van der Waals surface area contributed by atoms with E-state index in [2.05, 4.69) is 15.5 Å². The Bertz CT molecular complexity index is 1290. The standard InChI is InChI=1S/C30H37ClF5N5O2/c1-20-19-40(14-10-30(34,35)36)15-16-41(20)25-17-22(31)6-8-24(25)38-29(43)23-7-5-21(27(32)28(23)33)18-37-26(42)9-13-39-11-3-2-4-12-39/h5-8,17,20H,2-4,9-16,18-19H2,1H3,(H,37,42)(H,38,43)/t20-/m1/s1. The van der Waals surface area contributed by atoms with Crippen molar-refractivity contribution in [2.24, 2.45) is 0 Å². The van der Waals surface area contributed by atoms with Crippen LogP contribution in [-0.2, 0) is 11.3 Å². The summed E-state index contributed by atoms with van der Waals surface area (Å²) in [7, 11) is 0. The molecule has 2 N–H and O–H groups in total. The van der Waals surface area contributed by atoms with Gasteiger partial charge < -0.3 is 20.4 Å². The van der Waals surface area contributed by atoms with E-state index in [9.17, 15) is 27.2 Å². The van der Waals surface area contributed by atoms with E-state index in [1.54, 1.807) is 23.1 Å². The third kappa shape index (κ3) is 9.26. The van der Waals surface area contributed by atoms with Crippen LogP contribution in [-0.4, -0.2) is 79.6 Å². The number of benzene rings is 2. The first kappa shape index (κ1) is 32.9.